The second-order valence-corrected chi connectivity index (χ2v) is 7.06. The molecule has 0 unspecified atom stereocenters. The van der Waals surface area contributed by atoms with Gasteiger partial charge in [0.25, 0.3) is 0 Å². The summed E-state index contributed by atoms with van der Waals surface area (Å²) in [6, 6.07) is 4.75. The quantitative estimate of drug-likeness (QED) is 0.348. The van der Waals surface area contributed by atoms with Gasteiger partial charge in [0.05, 0.1) is 7.11 Å². The summed E-state index contributed by atoms with van der Waals surface area (Å²) in [4.78, 5) is 9.05. The molecule has 0 radical (unpaired) electrons. The summed E-state index contributed by atoms with van der Waals surface area (Å²) in [6.07, 6.45) is 2.15. The molecule has 0 saturated carbocycles. The second kappa shape index (κ2) is 12.4. The normalized spacial score (nSPS) is 16.1. The van der Waals surface area contributed by atoms with Gasteiger partial charge in [-0.25, -0.2) is 0 Å². The van der Waals surface area contributed by atoms with Gasteiger partial charge in [-0.2, -0.15) is 8.78 Å². The highest BCUT2D eigenvalue weighted by Crippen LogP contribution is 2.25. The van der Waals surface area contributed by atoms with Crippen LogP contribution in [0.2, 0.25) is 0 Å². The Morgan fingerprint density at radius 1 is 1.17 bits per heavy atom. The van der Waals surface area contributed by atoms with Crippen LogP contribution in [0.5, 0.6) is 11.5 Å². The molecule has 1 aliphatic rings. The van der Waals surface area contributed by atoms with Crippen LogP contribution in [0, 0.1) is 0 Å². The van der Waals surface area contributed by atoms with E-state index in [2.05, 4.69) is 37.2 Å². The van der Waals surface area contributed by atoms with Crippen LogP contribution in [0.1, 0.15) is 18.4 Å². The summed E-state index contributed by atoms with van der Waals surface area (Å²) >= 11 is 0. The molecule has 1 aromatic rings. The lowest BCUT2D eigenvalue weighted by Crippen LogP contribution is -2.44. The SMILES string of the molecule is CN=C(NCCCCN1CCN(C)CC1)NCc1cc(OC)ccc1OC(F)F. The van der Waals surface area contributed by atoms with E-state index < -0.39 is 6.61 Å². The third-order valence-electron chi connectivity index (χ3n) is 4.94. The smallest absolute Gasteiger partial charge is 0.387 e. The number of rotatable bonds is 10. The fourth-order valence-corrected chi connectivity index (χ4v) is 3.17. The third kappa shape index (κ3) is 8.41. The van der Waals surface area contributed by atoms with Crippen molar-refractivity contribution in [2.45, 2.75) is 26.0 Å². The average Bonchev–Trinajstić information content (AvgIpc) is 2.71. The van der Waals surface area contributed by atoms with Gasteiger partial charge in [-0.1, -0.05) is 0 Å². The fourth-order valence-electron chi connectivity index (χ4n) is 3.17. The number of unbranched alkanes of at least 4 members (excludes halogenated alkanes) is 1. The Bertz CT molecular complexity index is 637. The van der Waals surface area contributed by atoms with E-state index in [4.69, 9.17) is 4.74 Å². The number of piperazine rings is 1. The first-order chi connectivity index (χ1) is 14.0. The largest absolute Gasteiger partial charge is 0.497 e. The Morgan fingerprint density at radius 3 is 2.59 bits per heavy atom. The minimum Gasteiger partial charge on any atom is -0.497 e. The van der Waals surface area contributed by atoms with E-state index in [-0.39, 0.29) is 5.75 Å². The van der Waals surface area contributed by atoms with Crippen LogP contribution in [0.3, 0.4) is 0 Å². The highest BCUT2D eigenvalue weighted by atomic mass is 19.3. The maximum absolute atomic E-state index is 12.6. The van der Waals surface area contributed by atoms with Crippen molar-refractivity contribution >= 4 is 5.96 Å². The molecule has 0 aliphatic carbocycles. The van der Waals surface area contributed by atoms with Crippen molar-refractivity contribution < 1.29 is 18.3 Å². The van der Waals surface area contributed by atoms with Crippen molar-refractivity contribution in [3.63, 3.8) is 0 Å². The molecule has 164 valence electrons. The Morgan fingerprint density at radius 2 is 1.93 bits per heavy atom. The van der Waals surface area contributed by atoms with Gasteiger partial charge in [-0.05, 0) is 44.6 Å². The monoisotopic (exact) mass is 413 g/mol. The summed E-state index contributed by atoms with van der Waals surface area (Å²) in [5, 5.41) is 6.40. The zero-order valence-corrected chi connectivity index (χ0v) is 17.6. The maximum Gasteiger partial charge on any atom is 0.387 e. The van der Waals surface area contributed by atoms with Gasteiger partial charge in [0.2, 0.25) is 0 Å². The molecule has 9 heteroatoms. The molecule has 0 spiro atoms. The Labute approximate surface area is 172 Å². The summed E-state index contributed by atoms with van der Waals surface area (Å²) in [7, 11) is 5.37. The lowest BCUT2D eigenvalue weighted by Gasteiger charge is -2.32. The van der Waals surface area contributed by atoms with Gasteiger partial charge < -0.3 is 29.9 Å². The van der Waals surface area contributed by atoms with Crippen LogP contribution >= 0.6 is 0 Å². The number of hydrogen-bond donors (Lipinski definition) is 2. The van der Waals surface area contributed by atoms with Crippen LogP contribution in [0.25, 0.3) is 0 Å². The van der Waals surface area contributed by atoms with E-state index in [1.165, 1.54) is 13.2 Å². The number of methoxy groups -OCH3 is 1. The van der Waals surface area contributed by atoms with Gasteiger partial charge in [0.15, 0.2) is 5.96 Å². The number of benzene rings is 1. The predicted molar refractivity (Wildman–Crippen MR) is 111 cm³/mol. The Hall–Kier alpha value is -2.13. The molecule has 0 amide bonds. The first kappa shape index (κ1) is 23.2. The predicted octanol–water partition coefficient (Wildman–Crippen LogP) is 1.99. The number of guanidine groups is 1. The zero-order valence-electron chi connectivity index (χ0n) is 17.6. The number of nitrogens with zero attached hydrogens (tertiary/aromatic N) is 3. The van der Waals surface area contributed by atoms with Crippen molar-refractivity contribution in [2.75, 3.05) is 60.5 Å². The molecule has 0 aromatic heterocycles. The van der Waals surface area contributed by atoms with E-state index in [1.54, 1.807) is 19.2 Å². The number of aliphatic imine (C=N–C) groups is 1. The molecule has 1 fully saturated rings. The minimum atomic E-state index is -2.88. The fraction of sp³-hybridized carbons (Fsp3) is 0.650. The molecule has 7 nitrogen and oxygen atoms in total. The van der Waals surface area contributed by atoms with E-state index in [1.807, 2.05) is 0 Å². The van der Waals surface area contributed by atoms with Crippen LogP contribution in [-0.2, 0) is 6.54 Å². The highest BCUT2D eigenvalue weighted by molar-refractivity contribution is 5.79. The first-order valence-corrected chi connectivity index (χ1v) is 9.99. The molecule has 0 atom stereocenters. The maximum atomic E-state index is 12.6. The third-order valence-corrected chi connectivity index (χ3v) is 4.94. The molecule has 1 heterocycles. The standard InChI is InChI=1S/C20H33F2N5O2/c1-23-20(24-8-4-5-9-27-12-10-26(2)11-13-27)25-15-16-14-17(28-3)6-7-18(16)29-19(21)22/h6-7,14,19H,4-5,8-13,15H2,1-3H3,(H2,23,24,25). The first-order valence-electron chi connectivity index (χ1n) is 9.99. The van der Waals surface area contributed by atoms with Gasteiger partial charge in [-0.15, -0.1) is 0 Å². The van der Waals surface area contributed by atoms with E-state index >= 15 is 0 Å². The van der Waals surface area contributed by atoms with Crippen LogP contribution < -0.4 is 20.1 Å². The number of nitrogens with one attached hydrogen (secondary N) is 2. The zero-order chi connectivity index (χ0) is 21.1. The molecule has 0 bridgehead atoms. The van der Waals surface area contributed by atoms with E-state index in [0.29, 0.717) is 23.8 Å². The molecule has 29 heavy (non-hydrogen) atoms. The van der Waals surface area contributed by atoms with Crippen molar-refractivity contribution in [1.29, 1.82) is 0 Å². The summed E-state index contributed by atoms with van der Waals surface area (Å²) in [5.74, 6) is 1.32. The lowest BCUT2D eigenvalue weighted by atomic mass is 10.2. The van der Waals surface area contributed by atoms with Crippen LogP contribution in [0.15, 0.2) is 23.2 Å². The molecule has 2 rings (SSSR count). The van der Waals surface area contributed by atoms with Gasteiger partial charge in [0, 0.05) is 51.9 Å². The number of alkyl halides is 2. The number of halogens is 2. The van der Waals surface area contributed by atoms with Crippen molar-refractivity contribution in [2.24, 2.45) is 4.99 Å². The van der Waals surface area contributed by atoms with Gasteiger partial charge >= 0.3 is 6.61 Å². The van der Waals surface area contributed by atoms with Crippen molar-refractivity contribution in [3.05, 3.63) is 23.8 Å². The van der Waals surface area contributed by atoms with Gasteiger partial charge in [-0.3, -0.25) is 4.99 Å². The molecular formula is C20H33F2N5O2. The molecule has 2 N–H and O–H groups in total. The lowest BCUT2D eigenvalue weighted by molar-refractivity contribution is -0.0504. The van der Waals surface area contributed by atoms with Crippen molar-refractivity contribution in [1.82, 2.24) is 20.4 Å². The minimum absolute atomic E-state index is 0.121. The molecule has 1 aliphatic heterocycles. The average molecular weight is 414 g/mol. The van der Waals surface area contributed by atoms with E-state index in [0.717, 1.165) is 52.1 Å². The number of hydrogen-bond acceptors (Lipinski definition) is 5. The molecule has 1 saturated heterocycles. The van der Waals surface area contributed by atoms with Gasteiger partial charge in [0.1, 0.15) is 11.5 Å². The number of ether oxygens (including phenoxy) is 2. The molecule has 1 aromatic carbocycles. The molecular weight excluding hydrogens is 380 g/mol. The summed E-state index contributed by atoms with van der Waals surface area (Å²) < 4.78 is 35.0. The van der Waals surface area contributed by atoms with Crippen LogP contribution in [0.4, 0.5) is 8.78 Å². The summed E-state index contributed by atoms with van der Waals surface area (Å²) in [6.45, 7) is 3.87. The number of likely N-dealkylation sites (N-methyl/N-ethyl adjacent to an activating group) is 1. The second-order valence-electron chi connectivity index (χ2n) is 7.06. The van der Waals surface area contributed by atoms with Crippen LogP contribution in [-0.4, -0.2) is 82.8 Å². The van der Waals surface area contributed by atoms with E-state index in [9.17, 15) is 8.78 Å². The topological polar surface area (TPSA) is 61.4 Å². The Balaban J connectivity index is 1.73. The van der Waals surface area contributed by atoms with Crippen molar-refractivity contribution in [3.8, 4) is 11.5 Å². The highest BCUT2D eigenvalue weighted by Gasteiger charge is 2.13. The summed E-state index contributed by atoms with van der Waals surface area (Å²) in [5.41, 5.74) is 0.572. The Kier molecular flexibility index (Phi) is 9.93.